The maximum Gasteiger partial charge on any atom is 0.241 e. The first-order valence-electron chi connectivity index (χ1n) is 8.96. The quantitative estimate of drug-likeness (QED) is 0.699. The molecule has 1 N–H and O–H groups in total. The van der Waals surface area contributed by atoms with E-state index in [0.29, 0.717) is 18.1 Å². The van der Waals surface area contributed by atoms with E-state index in [2.05, 4.69) is 25.1 Å². The van der Waals surface area contributed by atoms with E-state index < -0.39 is 5.82 Å². The number of nitrogens with one attached hydrogen (secondary N) is 1. The lowest BCUT2D eigenvalue weighted by Crippen LogP contribution is -2.53. The Balaban J connectivity index is 1.39. The Morgan fingerprint density at radius 2 is 2.04 bits per heavy atom. The first-order valence-corrected chi connectivity index (χ1v) is 10.2. The molecular weight excluding hydrogens is 401 g/mol. The van der Waals surface area contributed by atoms with Gasteiger partial charge in [-0.25, -0.2) is 14.4 Å². The van der Waals surface area contributed by atoms with Gasteiger partial charge in [-0.05, 0) is 36.6 Å². The highest BCUT2D eigenvalue weighted by Crippen LogP contribution is 2.27. The average Bonchev–Trinajstić information content (AvgIpc) is 3.19. The number of piperazine rings is 1. The lowest BCUT2D eigenvalue weighted by molar-refractivity contribution is -0.120. The summed E-state index contributed by atoms with van der Waals surface area (Å²) in [5.74, 6) is 0.180. The number of fused-ring (bicyclic) bond motifs is 1. The van der Waals surface area contributed by atoms with E-state index in [9.17, 15) is 9.18 Å². The van der Waals surface area contributed by atoms with Crippen LogP contribution in [-0.4, -0.2) is 53.0 Å². The molecule has 6 nitrogen and oxygen atoms in total. The molecule has 2 aromatic heterocycles. The van der Waals surface area contributed by atoms with Crippen LogP contribution in [0.1, 0.15) is 6.92 Å². The number of carbonyl (C=O) groups is 1. The molecule has 0 spiro atoms. The molecule has 0 bridgehead atoms. The Morgan fingerprint density at radius 3 is 2.82 bits per heavy atom. The van der Waals surface area contributed by atoms with E-state index >= 15 is 0 Å². The second-order valence-corrected chi connectivity index (χ2v) is 7.98. The zero-order valence-corrected chi connectivity index (χ0v) is 16.8. The molecule has 1 unspecified atom stereocenters. The molecule has 3 aromatic rings. The van der Waals surface area contributed by atoms with E-state index in [1.165, 1.54) is 18.2 Å². The summed E-state index contributed by atoms with van der Waals surface area (Å²) < 4.78 is 13.9. The van der Waals surface area contributed by atoms with Gasteiger partial charge in [-0.3, -0.25) is 9.69 Å². The number of carbonyl (C=O) groups excluding carboxylic acids is 1. The maximum atomic E-state index is 13.9. The minimum absolute atomic E-state index is 0.101. The highest BCUT2D eigenvalue weighted by atomic mass is 35.5. The monoisotopic (exact) mass is 419 g/mol. The third-order valence-electron chi connectivity index (χ3n) is 4.97. The van der Waals surface area contributed by atoms with Gasteiger partial charge in [0.2, 0.25) is 5.91 Å². The number of thiophene rings is 1. The fourth-order valence-corrected chi connectivity index (χ4v) is 4.25. The van der Waals surface area contributed by atoms with Gasteiger partial charge < -0.3 is 10.2 Å². The van der Waals surface area contributed by atoms with Crippen LogP contribution in [-0.2, 0) is 4.79 Å². The van der Waals surface area contributed by atoms with Crippen LogP contribution in [0.15, 0.2) is 36.0 Å². The number of amides is 1. The molecule has 1 saturated heterocycles. The minimum Gasteiger partial charge on any atom is -0.353 e. The predicted octanol–water partition coefficient (Wildman–Crippen LogP) is 3.63. The Kier molecular flexibility index (Phi) is 5.43. The molecule has 3 heterocycles. The lowest BCUT2D eigenvalue weighted by Gasteiger charge is -2.38. The van der Waals surface area contributed by atoms with E-state index in [0.717, 1.165) is 29.1 Å². The van der Waals surface area contributed by atoms with Crippen LogP contribution in [0, 0.1) is 5.82 Å². The van der Waals surface area contributed by atoms with Crippen LogP contribution in [0.5, 0.6) is 0 Å². The molecule has 1 aliphatic rings. The summed E-state index contributed by atoms with van der Waals surface area (Å²) >= 11 is 7.49. The highest BCUT2D eigenvalue weighted by Gasteiger charge is 2.27. The largest absolute Gasteiger partial charge is 0.353 e. The Morgan fingerprint density at radius 1 is 1.25 bits per heavy atom. The molecule has 4 rings (SSSR count). The molecule has 146 valence electrons. The fourth-order valence-electron chi connectivity index (χ4n) is 3.35. The van der Waals surface area contributed by atoms with Crippen molar-refractivity contribution in [2.24, 2.45) is 0 Å². The van der Waals surface area contributed by atoms with Crippen molar-refractivity contribution in [3.63, 3.8) is 0 Å². The topological polar surface area (TPSA) is 61.4 Å². The Bertz CT molecular complexity index is 1000. The zero-order chi connectivity index (χ0) is 19.7. The van der Waals surface area contributed by atoms with Crippen LogP contribution in [0.2, 0.25) is 5.02 Å². The number of hydrogen-bond donors (Lipinski definition) is 1. The van der Waals surface area contributed by atoms with Gasteiger partial charge in [0.25, 0.3) is 0 Å². The zero-order valence-electron chi connectivity index (χ0n) is 15.2. The standard InChI is InChI=1S/C19H19ClFN5OS/c1-12(18(27)24-16-10-13(20)2-3-15(16)21)25-5-7-26(8-6-25)17-14-4-9-28-19(14)23-11-22-17/h2-4,9-12H,5-8H2,1H3,(H,24,27). The summed E-state index contributed by atoms with van der Waals surface area (Å²) in [6.45, 7) is 4.76. The molecule has 9 heteroatoms. The summed E-state index contributed by atoms with van der Waals surface area (Å²) in [4.78, 5) is 26.6. The molecule has 1 fully saturated rings. The number of nitrogens with zero attached hydrogens (tertiary/aromatic N) is 4. The van der Waals surface area contributed by atoms with Crippen LogP contribution in [0.25, 0.3) is 10.2 Å². The maximum absolute atomic E-state index is 13.9. The van der Waals surface area contributed by atoms with E-state index in [-0.39, 0.29) is 17.6 Å². The highest BCUT2D eigenvalue weighted by molar-refractivity contribution is 7.16. The van der Waals surface area contributed by atoms with Crippen LogP contribution in [0.3, 0.4) is 0 Å². The van der Waals surface area contributed by atoms with E-state index in [4.69, 9.17) is 11.6 Å². The molecule has 0 aliphatic carbocycles. The van der Waals surface area contributed by atoms with Crippen LogP contribution in [0.4, 0.5) is 15.9 Å². The predicted molar refractivity (Wildman–Crippen MR) is 111 cm³/mol. The van der Waals surface area contributed by atoms with Crippen molar-refractivity contribution in [3.8, 4) is 0 Å². The van der Waals surface area contributed by atoms with Gasteiger partial charge in [0, 0.05) is 31.2 Å². The van der Waals surface area contributed by atoms with Crippen molar-refractivity contribution in [3.05, 3.63) is 46.8 Å². The van der Waals surface area contributed by atoms with Crippen molar-refractivity contribution in [1.82, 2.24) is 14.9 Å². The summed E-state index contributed by atoms with van der Waals surface area (Å²) in [5.41, 5.74) is 0.101. The van der Waals surface area contributed by atoms with Crippen molar-refractivity contribution in [2.75, 3.05) is 36.4 Å². The molecule has 1 aliphatic heterocycles. The average molecular weight is 420 g/mol. The third-order valence-corrected chi connectivity index (χ3v) is 6.02. The number of rotatable bonds is 4. The number of anilines is 2. The lowest BCUT2D eigenvalue weighted by atomic mass is 10.2. The van der Waals surface area contributed by atoms with E-state index in [1.54, 1.807) is 17.7 Å². The van der Waals surface area contributed by atoms with E-state index in [1.807, 2.05) is 18.4 Å². The molecule has 0 radical (unpaired) electrons. The van der Waals surface area contributed by atoms with Gasteiger partial charge in [0.1, 0.15) is 22.8 Å². The summed E-state index contributed by atoms with van der Waals surface area (Å²) in [6, 6.07) is 5.77. The molecular formula is C19H19ClFN5OS. The van der Waals surface area contributed by atoms with Crippen molar-refractivity contribution in [2.45, 2.75) is 13.0 Å². The van der Waals surface area contributed by atoms with Crippen molar-refractivity contribution >= 4 is 50.6 Å². The minimum atomic E-state index is -0.502. The molecule has 1 amide bonds. The van der Waals surface area contributed by atoms with Gasteiger partial charge in [-0.1, -0.05) is 11.6 Å². The first kappa shape index (κ1) is 19.0. The Labute approximate surface area is 170 Å². The van der Waals surface area contributed by atoms with Crippen molar-refractivity contribution in [1.29, 1.82) is 0 Å². The smallest absolute Gasteiger partial charge is 0.241 e. The molecule has 0 saturated carbocycles. The number of aromatic nitrogens is 2. The third kappa shape index (κ3) is 3.80. The Hall–Kier alpha value is -2.29. The summed E-state index contributed by atoms with van der Waals surface area (Å²) in [7, 11) is 0. The van der Waals surface area contributed by atoms with Gasteiger partial charge in [-0.15, -0.1) is 11.3 Å². The van der Waals surface area contributed by atoms with Crippen molar-refractivity contribution < 1.29 is 9.18 Å². The first-order chi connectivity index (χ1) is 13.5. The normalized spacial score (nSPS) is 16.3. The molecule has 1 atom stereocenters. The summed E-state index contributed by atoms with van der Waals surface area (Å²) in [5, 5.41) is 6.09. The fraction of sp³-hybridized carbons (Fsp3) is 0.316. The van der Waals surface area contributed by atoms with Gasteiger partial charge >= 0.3 is 0 Å². The van der Waals surface area contributed by atoms with Crippen LogP contribution >= 0.6 is 22.9 Å². The SMILES string of the molecule is CC(C(=O)Nc1cc(Cl)ccc1F)N1CCN(c2ncnc3sccc23)CC1. The number of hydrogen-bond acceptors (Lipinski definition) is 6. The van der Waals surface area contributed by atoms with Gasteiger partial charge in [0.05, 0.1) is 17.1 Å². The number of benzene rings is 1. The van der Waals surface area contributed by atoms with Crippen LogP contribution < -0.4 is 10.2 Å². The van der Waals surface area contributed by atoms with Gasteiger partial charge in [0.15, 0.2) is 0 Å². The second kappa shape index (κ2) is 7.98. The van der Waals surface area contributed by atoms with Gasteiger partial charge in [-0.2, -0.15) is 0 Å². The summed E-state index contributed by atoms with van der Waals surface area (Å²) in [6.07, 6.45) is 1.59. The molecule has 28 heavy (non-hydrogen) atoms. The molecule has 1 aromatic carbocycles. The number of halogens is 2. The second-order valence-electron chi connectivity index (χ2n) is 6.65.